The third kappa shape index (κ3) is 3.00. The molecule has 3 aliphatic rings. The van der Waals surface area contributed by atoms with Crippen LogP contribution in [0.1, 0.15) is 39.0 Å². The summed E-state index contributed by atoms with van der Waals surface area (Å²) < 4.78 is 0. The van der Waals surface area contributed by atoms with Crippen LogP contribution in [-0.2, 0) is 9.59 Å². The molecule has 5 nitrogen and oxygen atoms in total. The largest absolute Gasteiger partial charge is 0.393 e. The number of nitrogens with zero attached hydrogens (tertiary/aromatic N) is 2. The molecule has 2 saturated heterocycles. The van der Waals surface area contributed by atoms with Crippen molar-refractivity contribution in [3.05, 3.63) is 0 Å². The highest BCUT2D eigenvalue weighted by Gasteiger charge is 2.46. The molecule has 0 spiro atoms. The number of carbonyl (C=O) groups is 2. The molecular formula is C16H26N2O3S. The average molecular weight is 326 g/mol. The fourth-order valence-electron chi connectivity index (χ4n) is 3.99. The zero-order chi connectivity index (χ0) is 15.7. The third-order valence-electron chi connectivity index (χ3n) is 5.36. The number of aliphatic hydroxyl groups excluding tert-OH is 1. The van der Waals surface area contributed by atoms with Crippen LogP contribution in [0.2, 0.25) is 0 Å². The van der Waals surface area contributed by atoms with Gasteiger partial charge in [0.25, 0.3) is 0 Å². The highest BCUT2D eigenvalue weighted by molar-refractivity contribution is 7.99. The Kier molecular flexibility index (Phi) is 4.97. The number of likely N-dealkylation sites (tertiary alicyclic amines) is 1. The molecule has 2 amide bonds. The van der Waals surface area contributed by atoms with Gasteiger partial charge in [0, 0.05) is 31.2 Å². The van der Waals surface area contributed by atoms with Gasteiger partial charge in [-0.3, -0.25) is 9.59 Å². The van der Waals surface area contributed by atoms with Gasteiger partial charge in [0.05, 0.1) is 12.0 Å². The average Bonchev–Trinajstić information content (AvgIpc) is 3.21. The number of hydrogen-bond acceptors (Lipinski definition) is 4. The summed E-state index contributed by atoms with van der Waals surface area (Å²) in [6.45, 7) is 3.50. The second-order valence-corrected chi connectivity index (χ2v) is 7.79. The highest BCUT2D eigenvalue weighted by Crippen LogP contribution is 2.39. The zero-order valence-electron chi connectivity index (χ0n) is 13.2. The van der Waals surface area contributed by atoms with Gasteiger partial charge in [0.2, 0.25) is 11.8 Å². The molecule has 1 saturated carbocycles. The molecule has 1 aliphatic carbocycles. The maximum Gasteiger partial charge on any atom is 0.246 e. The van der Waals surface area contributed by atoms with Gasteiger partial charge in [-0.25, -0.2) is 0 Å². The minimum Gasteiger partial charge on any atom is -0.393 e. The summed E-state index contributed by atoms with van der Waals surface area (Å²) >= 11 is 1.67. The lowest BCUT2D eigenvalue weighted by Gasteiger charge is -2.28. The number of thioether (sulfide) groups is 1. The molecule has 0 aromatic rings. The monoisotopic (exact) mass is 326 g/mol. The molecule has 4 atom stereocenters. The molecule has 0 aromatic heterocycles. The van der Waals surface area contributed by atoms with Crippen LogP contribution in [-0.4, -0.2) is 63.6 Å². The van der Waals surface area contributed by atoms with Gasteiger partial charge in [-0.15, -0.1) is 11.8 Å². The Morgan fingerprint density at radius 1 is 1.27 bits per heavy atom. The zero-order valence-corrected chi connectivity index (χ0v) is 14.1. The Hall–Kier alpha value is -0.750. The minimum atomic E-state index is -0.287. The van der Waals surface area contributed by atoms with Crippen LogP contribution in [0.25, 0.3) is 0 Å². The Morgan fingerprint density at radius 3 is 2.82 bits per heavy atom. The normalized spacial score (nSPS) is 34.3. The van der Waals surface area contributed by atoms with Gasteiger partial charge < -0.3 is 14.9 Å². The Labute approximate surface area is 136 Å². The fraction of sp³-hybridized carbons (Fsp3) is 0.875. The first-order valence-corrected chi connectivity index (χ1v) is 9.61. The van der Waals surface area contributed by atoms with Crippen molar-refractivity contribution in [3.8, 4) is 0 Å². The number of aliphatic hydroxyl groups is 1. The third-order valence-corrected chi connectivity index (χ3v) is 6.37. The van der Waals surface area contributed by atoms with E-state index in [9.17, 15) is 14.7 Å². The SMILES string of the molecule is CCCCC(=O)N1CSCC1C(=O)N1CC2CCC(O)C2C1. The van der Waals surface area contributed by atoms with Gasteiger partial charge in [0.1, 0.15) is 6.04 Å². The maximum atomic E-state index is 12.8. The lowest BCUT2D eigenvalue weighted by atomic mass is 10.00. The van der Waals surface area contributed by atoms with Crippen molar-refractivity contribution in [2.75, 3.05) is 24.7 Å². The quantitative estimate of drug-likeness (QED) is 0.846. The molecule has 0 radical (unpaired) electrons. The molecule has 0 aromatic carbocycles. The van der Waals surface area contributed by atoms with Crippen LogP contribution < -0.4 is 0 Å². The van der Waals surface area contributed by atoms with Gasteiger partial charge >= 0.3 is 0 Å². The molecular weight excluding hydrogens is 300 g/mol. The molecule has 0 bridgehead atoms. The van der Waals surface area contributed by atoms with Crippen molar-refractivity contribution < 1.29 is 14.7 Å². The molecule has 3 fully saturated rings. The van der Waals surface area contributed by atoms with E-state index in [2.05, 4.69) is 6.92 Å². The second-order valence-electron chi connectivity index (χ2n) is 6.79. The van der Waals surface area contributed by atoms with Crippen molar-refractivity contribution in [1.29, 1.82) is 0 Å². The summed E-state index contributed by atoms with van der Waals surface area (Å²) in [7, 11) is 0. The lowest BCUT2D eigenvalue weighted by molar-refractivity contribution is -0.143. The summed E-state index contributed by atoms with van der Waals surface area (Å²) in [6, 6.07) is -0.287. The minimum absolute atomic E-state index is 0.0939. The van der Waals surface area contributed by atoms with Crippen molar-refractivity contribution in [3.63, 3.8) is 0 Å². The van der Waals surface area contributed by atoms with Crippen LogP contribution in [0.4, 0.5) is 0 Å². The topological polar surface area (TPSA) is 60.9 Å². The number of unbranched alkanes of at least 4 members (excludes halogenated alkanes) is 1. The number of carbonyl (C=O) groups excluding carboxylic acids is 2. The van der Waals surface area contributed by atoms with E-state index in [1.807, 2.05) is 4.90 Å². The van der Waals surface area contributed by atoms with E-state index in [4.69, 9.17) is 0 Å². The molecule has 124 valence electrons. The number of fused-ring (bicyclic) bond motifs is 1. The van der Waals surface area contributed by atoms with Crippen molar-refractivity contribution in [2.24, 2.45) is 11.8 Å². The van der Waals surface area contributed by atoms with Crippen LogP contribution in [0.15, 0.2) is 0 Å². The summed E-state index contributed by atoms with van der Waals surface area (Å²) in [5.74, 6) is 2.27. The Morgan fingerprint density at radius 2 is 2.09 bits per heavy atom. The molecule has 2 heterocycles. The summed E-state index contributed by atoms with van der Waals surface area (Å²) in [4.78, 5) is 28.8. The van der Waals surface area contributed by atoms with Gasteiger partial charge in [-0.1, -0.05) is 13.3 Å². The van der Waals surface area contributed by atoms with E-state index in [1.165, 1.54) is 0 Å². The van der Waals surface area contributed by atoms with Crippen molar-refractivity contribution in [1.82, 2.24) is 9.80 Å². The lowest BCUT2D eigenvalue weighted by Crippen LogP contribution is -2.48. The van der Waals surface area contributed by atoms with Crippen LogP contribution >= 0.6 is 11.8 Å². The van der Waals surface area contributed by atoms with Gasteiger partial charge in [-0.2, -0.15) is 0 Å². The van der Waals surface area contributed by atoms with Crippen molar-refractivity contribution >= 4 is 23.6 Å². The maximum absolute atomic E-state index is 12.8. The molecule has 6 heteroatoms. The van der Waals surface area contributed by atoms with Crippen LogP contribution in [0.3, 0.4) is 0 Å². The second kappa shape index (κ2) is 6.79. The first-order chi connectivity index (χ1) is 10.6. The van der Waals surface area contributed by atoms with Gasteiger partial charge in [-0.05, 0) is 25.2 Å². The number of hydrogen-bond donors (Lipinski definition) is 1. The Bertz CT molecular complexity index is 445. The van der Waals surface area contributed by atoms with E-state index >= 15 is 0 Å². The first-order valence-electron chi connectivity index (χ1n) is 8.46. The number of rotatable bonds is 4. The predicted molar refractivity (Wildman–Crippen MR) is 86.3 cm³/mol. The van der Waals surface area contributed by atoms with Crippen LogP contribution in [0, 0.1) is 11.8 Å². The first kappa shape index (κ1) is 16.1. The standard InChI is InChI=1S/C16H26N2O3S/c1-2-3-4-15(20)18-10-22-9-13(18)16(21)17-7-11-5-6-14(19)12(11)8-17/h11-14,19H,2-10H2,1H3. The molecule has 4 unspecified atom stereocenters. The van der Waals surface area contributed by atoms with E-state index in [0.29, 0.717) is 30.5 Å². The highest BCUT2D eigenvalue weighted by atomic mass is 32.2. The summed E-state index contributed by atoms with van der Waals surface area (Å²) in [5, 5.41) is 9.99. The smallest absolute Gasteiger partial charge is 0.246 e. The molecule has 22 heavy (non-hydrogen) atoms. The Balaban J connectivity index is 1.61. The van der Waals surface area contributed by atoms with E-state index in [1.54, 1.807) is 16.7 Å². The van der Waals surface area contributed by atoms with Crippen molar-refractivity contribution in [2.45, 2.75) is 51.2 Å². The van der Waals surface area contributed by atoms with Gasteiger partial charge in [0.15, 0.2) is 0 Å². The van der Waals surface area contributed by atoms with Crippen LogP contribution in [0.5, 0.6) is 0 Å². The summed E-state index contributed by atoms with van der Waals surface area (Å²) in [5.41, 5.74) is 0. The summed E-state index contributed by atoms with van der Waals surface area (Å²) in [6.07, 6.45) is 4.08. The number of amides is 2. The van der Waals surface area contributed by atoms with E-state index < -0.39 is 0 Å². The molecule has 3 rings (SSSR count). The molecule has 2 aliphatic heterocycles. The van der Waals surface area contributed by atoms with E-state index in [0.717, 1.165) is 32.2 Å². The molecule has 1 N–H and O–H groups in total. The van der Waals surface area contributed by atoms with E-state index in [-0.39, 0.29) is 29.9 Å². The fourth-order valence-corrected chi connectivity index (χ4v) is 5.16. The predicted octanol–water partition coefficient (Wildman–Crippen LogP) is 1.31.